The number of aromatic nitrogens is 3. The molecule has 138 valence electrons. The normalized spacial score (nSPS) is 20.7. The van der Waals surface area contributed by atoms with Gasteiger partial charge in [0.15, 0.2) is 0 Å². The Morgan fingerprint density at radius 3 is 2.50 bits per heavy atom. The van der Waals surface area contributed by atoms with Gasteiger partial charge in [-0.2, -0.15) is 0 Å². The second-order valence-electron chi connectivity index (χ2n) is 7.71. The van der Waals surface area contributed by atoms with E-state index in [2.05, 4.69) is 26.8 Å². The minimum atomic E-state index is -0.547. The van der Waals surface area contributed by atoms with Crippen molar-refractivity contribution in [1.29, 1.82) is 0 Å². The Balaban J connectivity index is 1.39. The molecule has 2 aromatic rings. The Morgan fingerprint density at radius 2 is 1.88 bits per heavy atom. The lowest BCUT2D eigenvalue weighted by Gasteiger charge is -2.35. The third-order valence-corrected chi connectivity index (χ3v) is 5.88. The second-order valence-corrected chi connectivity index (χ2v) is 7.71. The number of nitrogens with zero attached hydrogens (tertiary/aromatic N) is 4. The molecule has 0 radical (unpaired) electrons. The van der Waals surface area contributed by atoms with E-state index in [1.54, 1.807) is 25.6 Å². The highest BCUT2D eigenvalue weighted by molar-refractivity contribution is 5.43. The molecule has 1 saturated carbocycles. The Hall–Kier alpha value is -2.21. The summed E-state index contributed by atoms with van der Waals surface area (Å²) in [6, 6.07) is 1.80. The van der Waals surface area contributed by atoms with Crippen LogP contribution in [-0.2, 0) is 5.41 Å². The maximum absolute atomic E-state index is 10.8. The average Bonchev–Trinajstić information content (AvgIpc) is 3.46. The van der Waals surface area contributed by atoms with Crippen LogP contribution in [0.25, 0.3) is 0 Å². The van der Waals surface area contributed by atoms with Crippen LogP contribution < -0.4 is 9.64 Å². The zero-order valence-corrected chi connectivity index (χ0v) is 15.4. The summed E-state index contributed by atoms with van der Waals surface area (Å²) >= 11 is 0. The van der Waals surface area contributed by atoms with Gasteiger partial charge in [0.25, 0.3) is 0 Å². The summed E-state index contributed by atoms with van der Waals surface area (Å²) in [5.41, 5.74) is 2.06. The van der Waals surface area contributed by atoms with E-state index >= 15 is 0 Å². The largest absolute Gasteiger partial charge is 0.496 e. The smallest absolute Gasteiger partial charge is 0.134 e. The van der Waals surface area contributed by atoms with Crippen molar-refractivity contribution in [2.24, 2.45) is 5.92 Å². The number of rotatable bonds is 5. The van der Waals surface area contributed by atoms with Crippen molar-refractivity contribution in [3.05, 3.63) is 42.2 Å². The van der Waals surface area contributed by atoms with Gasteiger partial charge in [-0.15, -0.1) is 0 Å². The highest BCUT2D eigenvalue weighted by Crippen LogP contribution is 2.45. The standard InChI is InChI=1S/C20H26N4O2/c1-20(6-7-20)19-22-11-15(12-23-19)24-9-4-14(5-10-24)18(25)16-13-21-8-3-17(16)26-2/h3,8,11-14,18,25H,4-7,9-10H2,1-2H3. The summed E-state index contributed by atoms with van der Waals surface area (Å²) in [7, 11) is 1.62. The number of methoxy groups -OCH3 is 1. The fraction of sp³-hybridized carbons (Fsp3) is 0.550. The van der Waals surface area contributed by atoms with Crippen LogP contribution in [0.2, 0.25) is 0 Å². The molecule has 2 aliphatic rings. The van der Waals surface area contributed by atoms with Gasteiger partial charge in [-0.1, -0.05) is 6.92 Å². The lowest BCUT2D eigenvalue weighted by molar-refractivity contribution is 0.0900. The van der Waals surface area contributed by atoms with Gasteiger partial charge < -0.3 is 14.7 Å². The molecule has 0 aromatic carbocycles. The van der Waals surface area contributed by atoms with Gasteiger partial charge in [0.2, 0.25) is 0 Å². The van der Waals surface area contributed by atoms with Crippen molar-refractivity contribution in [2.75, 3.05) is 25.1 Å². The van der Waals surface area contributed by atoms with Crippen LogP contribution in [0.3, 0.4) is 0 Å². The monoisotopic (exact) mass is 354 g/mol. The Morgan fingerprint density at radius 1 is 1.19 bits per heavy atom. The third kappa shape index (κ3) is 3.26. The summed E-state index contributed by atoms with van der Waals surface area (Å²) in [4.78, 5) is 15.6. The van der Waals surface area contributed by atoms with E-state index in [9.17, 15) is 5.11 Å². The maximum atomic E-state index is 10.8. The van der Waals surface area contributed by atoms with Crippen molar-refractivity contribution in [3.8, 4) is 5.75 Å². The molecule has 1 unspecified atom stereocenters. The van der Waals surface area contributed by atoms with Gasteiger partial charge in [-0.05, 0) is 37.7 Å². The number of aliphatic hydroxyl groups excluding tert-OH is 1. The van der Waals surface area contributed by atoms with Crippen LogP contribution in [-0.4, -0.2) is 40.3 Å². The van der Waals surface area contributed by atoms with Crippen LogP contribution in [0.1, 0.15) is 50.1 Å². The van der Waals surface area contributed by atoms with Crippen LogP contribution in [0.4, 0.5) is 5.69 Å². The van der Waals surface area contributed by atoms with E-state index in [-0.39, 0.29) is 11.3 Å². The summed E-state index contributed by atoms with van der Waals surface area (Å²) in [6.45, 7) is 4.01. The van der Waals surface area contributed by atoms with Gasteiger partial charge in [-0.3, -0.25) is 4.98 Å². The van der Waals surface area contributed by atoms with E-state index in [1.165, 1.54) is 12.8 Å². The number of hydrogen-bond acceptors (Lipinski definition) is 6. The number of anilines is 1. The summed E-state index contributed by atoms with van der Waals surface area (Å²) in [5, 5.41) is 10.8. The fourth-order valence-electron chi connectivity index (χ4n) is 3.74. The number of piperidine rings is 1. The first-order valence-electron chi connectivity index (χ1n) is 9.34. The molecule has 0 amide bonds. The highest BCUT2D eigenvalue weighted by Gasteiger charge is 2.42. The fourth-order valence-corrected chi connectivity index (χ4v) is 3.74. The summed E-state index contributed by atoms with van der Waals surface area (Å²) in [6.07, 6.45) is 11.0. The molecule has 1 atom stereocenters. The first-order valence-corrected chi connectivity index (χ1v) is 9.34. The Kier molecular flexibility index (Phi) is 4.53. The van der Waals surface area contributed by atoms with Crippen LogP contribution in [0.5, 0.6) is 5.75 Å². The number of hydrogen-bond donors (Lipinski definition) is 1. The zero-order chi connectivity index (χ0) is 18.1. The van der Waals surface area contributed by atoms with Crippen LogP contribution in [0, 0.1) is 5.92 Å². The lowest BCUT2D eigenvalue weighted by atomic mass is 9.87. The molecular formula is C20H26N4O2. The van der Waals surface area contributed by atoms with Crippen molar-refractivity contribution < 1.29 is 9.84 Å². The molecule has 3 heterocycles. The quantitative estimate of drug-likeness (QED) is 0.890. The zero-order valence-electron chi connectivity index (χ0n) is 15.4. The molecule has 6 heteroatoms. The Bertz CT molecular complexity index is 753. The third-order valence-electron chi connectivity index (χ3n) is 5.88. The molecule has 26 heavy (non-hydrogen) atoms. The molecule has 1 aliphatic heterocycles. The van der Waals surface area contributed by atoms with E-state index in [0.717, 1.165) is 43.0 Å². The lowest BCUT2D eigenvalue weighted by Crippen LogP contribution is -2.36. The molecule has 2 fully saturated rings. The second kappa shape index (κ2) is 6.83. The first-order chi connectivity index (χ1) is 12.6. The molecule has 1 saturated heterocycles. The van der Waals surface area contributed by atoms with Crippen LogP contribution >= 0.6 is 0 Å². The average molecular weight is 354 g/mol. The molecule has 1 N–H and O–H groups in total. The molecule has 0 spiro atoms. The number of ether oxygens (including phenoxy) is 1. The highest BCUT2D eigenvalue weighted by atomic mass is 16.5. The molecule has 0 bridgehead atoms. The molecule has 6 nitrogen and oxygen atoms in total. The number of pyridine rings is 1. The molecular weight excluding hydrogens is 328 g/mol. The molecule has 4 rings (SSSR count). The minimum Gasteiger partial charge on any atom is -0.496 e. The topological polar surface area (TPSA) is 71.4 Å². The van der Waals surface area contributed by atoms with Crippen molar-refractivity contribution >= 4 is 5.69 Å². The summed E-state index contributed by atoms with van der Waals surface area (Å²) < 4.78 is 5.36. The minimum absolute atomic E-state index is 0.204. The predicted molar refractivity (Wildman–Crippen MR) is 99.3 cm³/mol. The van der Waals surface area contributed by atoms with E-state index < -0.39 is 6.10 Å². The van der Waals surface area contributed by atoms with Gasteiger partial charge in [0.05, 0.1) is 31.3 Å². The summed E-state index contributed by atoms with van der Waals surface area (Å²) in [5.74, 6) is 1.87. The first kappa shape index (κ1) is 17.2. The van der Waals surface area contributed by atoms with Crippen molar-refractivity contribution in [2.45, 2.75) is 44.1 Å². The maximum Gasteiger partial charge on any atom is 0.134 e. The Labute approximate surface area is 154 Å². The van der Waals surface area contributed by atoms with Gasteiger partial charge in [0, 0.05) is 36.5 Å². The molecule has 2 aromatic heterocycles. The predicted octanol–water partition coefficient (Wildman–Crippen LogP) is 2.88. The van der Waals surface area contributed by atoms with E-state index in [4.69, 9.17) is 4.74 Å². The van der Waals surface area contributed by atoms with E-state index in [1.807, 2.05) is 12.4 Å². The molecule has 1 aliphatic carbocycles. The van der Waals surface area contributed by atoms with Gasteiger partial charge >= 0.3 is 0 Å². The van der Waals surface area contributed by atoms with Crippen molar-refractivity contribution in [1.82, 2.24) is 15.0 Å². The van der Waals surface area contributed by atoms with Gasteiger partial charge in [0.1, 0.15) is 11.6 Å². The number of aliphatic hydroxyl groups is 1. The van der Waals surface area contributed by atoms with E-state index in [0.29, 0.717) is 5.75 Å². The SMILES string of the molecule is COc1ccncc1C(O)C1CCN(c2cnc(C3(C)CC3)nc2)CC1. The van der Waals surface area contributed by atoms with Crippen molar-refractivity contribution in [3.63, 3.8) is 0 Å². The van der Waals surface area contributed by atoms with Crippen LogP contribution in [0.15, 0.2) is 30.9 Å². The van der Waals surface area contributed by atoms with Gasteiger partial charge in [-0.25, -0.2) is 9.97 Å².